The van der Waals surface area contributed by atoms with Crippen LogP contribution in [-0.2, 0) is 18.4 Å². The van der Waals surface area contributed by atoms with Crippen LogP contribution in [0.2, 0.25) is 0 Å². The summed E-state index contributed by atoms with van der Waals surface area (Å²) in [5.74, 6) is -0.270. The van der Waals surface area contributed by atoms with Gasteiger partial charge in [-0.2, -0.15) is 0 Å². The molecule has 9 heteroatoms. The summed E-state index contributed by atoms with van der Waals surface area (Å²) in [7, 11) is 1.56. The van der Waals surface area contributed by atoms with Gasteiger partial charge in [-0.25, -0.2) is 4.57 Å². The molecule has 3 atom stereocenters. The summed E-state index contributed by atoms with van der Waals surface area (Å²) in [5, 5.41) is 14.0. The van der Waals surface area contributed by atoms with Gasteiger partial charge in [-0.3, -0.25) is 13.8 Å². The minimum atomic E-state index is -4.35. The van der Waals surface area contributed by atoms with Crippen molar-refractivity contribution < 1.29 is 32.9 Å². The highest BCUT2D eigenvalue weighted by Crippen LogP contribution is 2.43. The maximum Gasteiger partial charge on any atom is 0.472 e. The number of aliphatic hydroxyl groups excluding tert-OH is 1. The molecule has 0 bridgehead atoms. The number of hydrogen-bond donors (Lipinski definition) is 3. The Bertz CT molecular complexity index is 1310. The van der Waals surface area contributed by atoms with Gasteiger partial charge in [-0.15, -0.1) is 0 Å². The lowest BCUT2D eigenvalue weighted by Crippen LogP contribution is -2.46. The quantitative estimate of drug-likeness (QED) is 0.0243. The summed E-state index contributed by atoms with van der Waals surface area (Å²) in [6, 6.07) is -0.818. The van der Waals surface area contributed by atoms with Crippen LogP contribution in [0.15, 0.2) is 60.8 Å². The number of carbonyl (C=O) groups excluding carboxylic acids is 1. The Morgan fingerprint density at radius 2 is 0.812 bits per heavy atom. The molecule has 0 radical (unpaired) electrons. The molecule has 404 valence electrons. The number of allylic oxidation sites excluding steroid dienone is 9. The van der Waals surface area contributed by atoms with E-state index in [1.165, 1.54) is 186 Å². The molecule has 8 nitrogen and oxygen atoms in total. The Morgan fingerprint density at radius 1 is 0.493 bits per heavy atom. The molecule has 0 aliphatic rings. The Balaban J connectivity index is 4.09. The molecule has 1 amide bonds. The number of carbonyl (C=O) groups is 1. The molecule has 0 spiro atoms. The van der Waals surface area contributed by atoms with Crippen molar-refractivity contribution >= 4 is 13.7 Å². The average Bonchev–Trinajstić information content (AvgIpc) is 3.31. The number of phosphoric ester groups is 1. The van der Waals surface area contributed by atoms with E-state index >= 15 is 0 Å². The number of phosphoric acid groups is 1. The number of nitrogens with zero attached hydrogens (tertiary/aromatic N) is 1. The minimum absolute atomic E-state index is 0.0562. The lowest BCUT2D eigenvalue weighted by atomic mass is 10.0. The van der Waals surface area contributed by atoms with Crippen LogP contribution in [0.4, 0.5) is 0 Å². The largest absolute Gasteiger partial charge is 0.472 e. The molecule has 0 aromatic rings. The second kappa shape index (κ2) is 51.1. The van der Waals surface area contributed by atoms with E-state index in [9.17, 15) is 19.4 Å². The number of quaternary nitrogens is 1. The van der Waals surface area contributed by atoms with Gasteiger partial charge >= 0.3 is 7.82 Å². The molecule has 0 rings (SSSR count). The molecule has 0 saturated heterocycles. The van der Waals surface area contributed by atoms with Crippen LogP contribution in [0.5, 0.6) is 0 Å². The number of unbranched alkanes of at least 4 members (excludes halogenated alkanes) is 31. The van der Waals surface area contributed by atoms with Crippen LogP contribution >= 0.6 is 7.82 Å². The van der Waals surface area contributed by atoms with Gasteiger partial charge in [0.15, 0.2) is 0 Å². The second-order valence-corrected chi connectivity index (χ2v) is 22.5. The maximum atomic E-state index is 12.9. The number of aliphatic hydroxyl groups is 1. The molecule has 0 heterocycles. The van der Waals surface area contributed by atoms with E-state index in [1.807, 2.05) is 33.3 Å². The van der Waals surface area contributed by atoms with Crippen LogP contribution in [0.3, 0.4) is 0 Å². The van der Waals surface area contributed by atoms with Crippen LogP contribution in [0.1, 0.15) is 264 Å². The van der Waals surface area contributed by atoms with Crippen molar-refractivity contribution in [2.75, 3.05) is 40.9 Å². The summed E-state index contributed by atoms with van der Waals surface area (Å²) in [4.78, 5) is 23.2. The van der Waals surface area contributed by atoms with Gasteiger partial charge in [0.05, 0.1) is 39.9 Å². The van der Waals surface area contributed by atoms with E-state index < -0.39 is 20.0 Å². The zero-order valence-corrected chi connectivity index (χ0v) is 46.9. The highest BCUT2D eigenvalue weighted by Gasteiger charge is 2.28. The molecule has 0 aliphatic carbocycles. The first kappa shape index (κ1) is 67.2. The number of likely N-dealkylation sites (N-methyl/N-ethyl adjacent to an activating group) is 1. The van der Waals surface area contributed by atoms with Crippen molar-refractivity contribution in [2.45, 2.75) is 276 Å². The van der Waals surface area contributed by atoms with Gasteiger partial charge in [0.25, 0.3) is 0 Å². The predicted molar refractivity (Wildman–Crippen MR) is 300 cm³/mol. The van der Waals surface area contributed by atoms with E-state index in [0.717, 1.165) is 51.4 Å². The molecule has 0 fully saturated rings. The highest BCUT2D eigenvalue weighted by atomic mass is 31.2. The van der Waals surface area contributed by atoms with Gasteiger partial charge in [0, 0.05) is 6.42 Å². The Hall–Kier alpha value is -1.80. The standard InChI is InChI=1S/C60H113N2O6P/c1-6-8-10-12-14-16-18-20-22-23-24-25-26-27-28-29-30-31-32-33-34-35-36-37-38-40-41-43-45-47-49-51-53-59(63)58(57-68-69(65,66)67-56-55-62(3,4)5)61-60(64)54-52-50-48-46-44-42-39-21-19-17-15-13-11-9-7-2/h9,11,15,17,21,39,44,46,50,52,58-59,63H,6-8,10,12-14,16,18-20,22-38,40-43,45,47-49,51,53-57H2,1-5H3,(H-,61,64,65,66)/p+1/b11-9-,17-15-,39-21-,46-44-,52-50-. The van der Waals surface area contributed by atoms with E-state index in [2.05, 4.69) is 67.8 Å². The highest BCUT2D eigenvalue weighted by molar-refractivity contribution is 7.47. The third-order valence-electron chi connectivity index (χ3n) is 13.1. The molecule has 0 aromatic heterocycles. The van der Waals surface area contributed by atoms with Crippen molar-refractivity contribution in [3.8, 4) is 0 Å². The summed E-state index contributed by atoms with van der Waals surface area (Å²) < 4.78 is 23.7. The topological polar surface area (TPSA) is 105 Å². The molecular formula is C60H114N2O6P+. The van der Waals surface area contributed by atoms with Gasteiger partial charge < -0.3 is 19.8 Å². The molecule has 69 heavy (non-hydrogen) atoms. The van der Waals surface area contributed by atoms with E-state index in [1.54, 1.807) is 0 Å². The van der Waals surface area contributed by atoms with Crippen molar-refractivity contribution in [1.82, 2.24) is 5.32 Å². The molecule has 3 N–H and O–H groups in total. The Morgan fingerprint density at radius 3 is 1.14 bits per heavy atom. The van der Waals surface area contributed by atoms with E-state index in [0.29, 0.717) is 17.4 Å². The zero-order chi connectivity index (χ0) is 50.6. The number of nitrogens with one attached hydrogen (secondary N) is 1. The second-order valence-electron chi connectivity index (χ2n) is 21.0. The number of amides is 1. The van der Waals surface area contributed by atoms with Gasteiger partial charge in [-0.05, 0) is 38.5 Å². The van der Waals surface area contributed by atoms with Gasteiger partial charge in [-0.1, -0.05) is 280 Å². The van der Waals surface area contributed by atoms with Crippen LogP contribution in [0.25, 0.3) is 0 Å². The third kappa shape index (κ3) is 53.8. The van der Waals surface area contributed by atoms with Crippen LogP contribution in [-0.4, -0.2) is 73.4 Å². The first-order valence-electron chi connectivity index (χ1n) is 29.2. The van der Waals surface area contributed by atoms with E-state index in [-0.39, 0.29) is 25.5 Å². The van der Waals surface area contributed by atoms with Crippen molar-refractivity contribution in [2.24, 2.45) is 0 Å². The van der Waals surface area contributed by atoms with Crippen molar-refractivity contribution in [3.05, 3.63) is 60.8 Å². The molecule has 0 aliphatic heterocycles. The molecule has 0 saturated carbocycles. The lowest BCUT2D eigenvalue weighted by Gasteiger charge is -2.26. The minimum Gasteiger partial charge on any atom is -0.391 e. The summed E-state index contributed by atoms with van der Waals surface area (Å²) in [5.41, 5.74) is 0. The van der Waals surface area contributed by atoms with Crippen LogP contribution < -0.4 is 5.32 Å². The van der Waals surface area contributed by atoms with Gasteiger partial charge in [0.1, 0.15) is 13.2 Å². The van der Waals surface area contributed by atoms with Gasteiger partial charge in [0.2, 0.25) is 5.91 Å². The smallest absolute Gasteiger partial charge is 0.391 e. The number of hydrogen-bond acceptors (Lipinski definition) is 5. The Labute approximate surface area is 428 Å². The maximum absolute atomic E-state index is 12.9. The fraction of sp³-hybridized carbons (Fsp3) is 0.817. The molecular weight excluding hydrogens is 876 g/mol. The Kier molecular flexibility index (Phi) is 49.8. The predicted octanol–water partition coefficient (Wildman–Crippen LogP) is 17.7. The lowest BCUT2D eigenvalue weighted by molar-refractivity contribution is -0.870. The van der Waals surface area contributed by atoms with Crippen molar-refractivity contribution in [3.63, 3.8) is 0 Å². The average molecular weight is 991 g/mol. The normalized spacial score (nSPS) is 14.4. The number of rotatable bonds is 53. The van der Waals surface area contributed by atoms with Crippen molar-refractivity contribution in [1.29, 1.82) is 0 Å². The fourth-order valence-corrected chi connectivity index (χ4v) is 9.26. The zero-order valence-electron chi connectivity index (χ0n) is 46.0. The molecule has 0 aromatic carbocycles. The SMILES string of the molecule is CC/C=C\C/C=C\C/C=C\C/C=C\C/C=C\CC(=O)NC(COP(=O)(O)OCC[N+](C)(C)C)C(O)CCCCCCCCCCCCCCCCCCCCCCCCCCCCCCCCCC. The first-order chi connectivity index (χ1) is 33.5. The summed E-state index contributed by atoms with van der Waals surface area (Å²) in [6.45, 7) is 4.72. The monoisotopic (exact) mass is 990 g/mol. The summed E-state index contributed by atoms with van der Waals surface area (Å²) >= 11 is 0. The van der Waals surface area contributed by atoms with Crippen LogP contribution in [0, 0.1) is 0 Å². The molecule has 3 unspecified atom stereocenters. The van der Waals surface area contributed by atoms with E-state index in [4.69, 9.17) is 9.05 Å². The summed E-state index contributed by atoms with van der Waals surface area (Å²) in [6.07, 6.45) is 69.1. The third-order valence-corrected chi connectivity index (χ3v) is 14.0. The first-order valence-corrected chi connectivity index (χ1v) is 30.6. The fourth-order valence-electron chi connectivity index (χ4n) is 8.53.